The Morgan fingerprint density at radius 1 is 0.912 bits per heavy atom. The zero-order valence-corrected chi connectivity index (χ0v) is 18.4. The molecule has 2 amide bonds. The van der Waals surface area contributed by atoms with E-state index >= 15 is 0 Å². The van der Waals surface area contributed by atoms with Crippen molar-refractivity contribution in [2.75, 3.05) is 11.5 Å². The first kappa shape index (κ1) is 22.5. The van der Waals surface area contributed by atoms with Crippen LogP contribution in [-0.4, -0.2) is 24.4 Å². The van der Waals surface area contributed by atoms with Gasteiger partial charge in [0.15, 0.2) is 0 Å². The largest absolute Gasteiger partial charge is 0.494 e. The molecule has 7 nitrogen and oxygen atoms in total. The Labute approximate surface area is 196 Å². The van der Waals surface area contributed by atoms with E-state index in [0.29, 0.717) is 34.7 Å². The quantitative estimate of drug-likeness (QED) is 0.168. The molecule has 0 spiro atoms. The lowest BCUT2D eigenvalue weighted by Gasteiger charge is -2.14. The molecule has 7 heteroatoms. The molecule has 0 unspecified atom stereocenters. The number of fused-ring (bicyclic) bond motifs is 1. The number of carbonyl (C=O) groups is 3. The fourth-order valence-electron chi connectivity index (χ4n) is 3.43. The van der Waals surface area contributed by atoms with Gasteiger partial charge in [0.1, 0.15) is 23.1 Å². The van der Waals surface area contributed by atoms with Crippen molar-refractivity contribution in [3.05, 3.63) is 95.1 Å². The van der Waals surface area contributed by atoms with Gasteiger partial charge in [0.05, 0.1) is 23.4 Å². The van der Waals surface area contributed by atoms with Crippen molar-refractivity contribution < 1.29 is 23.9 Å². The van der Waals surface area contributed by atoms with Gasteiger partial charge in [-0.2, -0.15) is 5.26 Å². The van der Waals surface area contributed by atoms with E-state index in [2.05, 4.69) is 0 Å². The summed E-state index contributed by atoms with van der Waals surface area (Å²) in [4.78, 5) is 38.8. The van der Waals surface area contributed by atoms with Crippen molar-refractivity contribution in [3.63, 3.8) is 0 Å². The van der Waals surface area contributed by atoms with Crippen molar-refractivity contribution in [3.8, 4) is 17.6 Å². The first-order valence-electron chi connectivity index (χ1n) is 10.7. The Hall–Kier alpha value is -4.70. The number of esters is 1. The molecule has 0 saturated carbocycles. The van der Waals surface area contributed by atoms with Crippen LogP contribution in [0.1, 0.15) is 39.6 Å². The third-order valence-electron chi connectivity index (χ3n) is 5.10. The molecule has 0 bridgehead atoms. The minimum atomic E-state index is -0.817. The second kappa shape index (κ2) is 9.84. The predicted octanol–water partition coefficient (Wildman–Crippen LogP) is 4.79. The maximum absolute atomic E-state index is 12.6. The third kappa shape index (κ3) is 4.57. The van der Waals surface area contributed by atoms with E-state index in [1.165, 1.54) is 30.3 Å². The van der Waals surface area contributed by atoms with E-state index in [4.69, 9.17) is 9.47 Å². The summed E-state index contributed by atoms with van der Waals surface area (Å²) in [6, 6.07) is 21.4. The van der Waals surface area contributed by atoms with Crippen LogP contribution in [0.25, 0.3) is 6.08 Å². The van der Waals surface area contributed by atoms with E-state index in [1.54, 1.807) is 48.5 Å². The summed E-state index contributed by atoms with van der Waals surface area (Å²) < 4.78 is 10.8. The smallest absolute Gasteiger partial charge is 0.354 e. The average molecular weight is 452 g/mol. The second-order valence-corrected chi connectivity index (χ2v) is 7.46. The molecular formula is C27H20N2O5. The maximum atomic E-state index is 12.6. The Morgan fingerprint density at radius 2 is 1.50 bits per heavy atom. The van der Waals surface area contributed by atoms with Gasteiger partial charge in [-0.05, 0) is 66.6 Å². The maximum Gasteiger partial charge on any atom is 0.354 e. The predicted molar refractivity (Wildman–Crippen MR) is 125 cm³/mol. The van der Waals surface area contributed by atoms with E-state index in [1.807, 2.05) is 13.0 Å². The normalized spacial score (nSPS) is 12.8. The Bertz CT molecular complexity index is 1280. The van der Waals surface area contributed by atoms with Crippen molar-refractivity contribution in [1.82, 2.24) is 0 Å². The zero-order valence-electron chi connectivity index (χ0n) is 18.4. The molecule has 0 N–H and O–H groups in total. The number of nitrogens with zero attached hydrogens (tertiary/aromatic N) is 2. The number of benzene rings is 3. The van der Waals surface area contributed by atoms with Crippen molar-refractivity contribution >= 4 is 29.5 Å². The monoisotopic (exact) mass is 452 g/mol. The summed E-state index contributed by atoms with van der Waals surface area (Å²) in [5, 5.41) is 9.41. The van der Waals surface area contributed by atoms with Gasteiger partial charge < -0.3 is 9.47 Å². The number of imide groups is 1. The molecular weight excluding hydrogens is 432 g/mol. The van der Waals surface area contributed by atoms with Crippen molar-refractivity contribution in [2.45, 2.75) is 13.3 Å². The molecule has 0 fully saturated rings. The van der Waals surface area contributed by atoms with Gasteiger partial charge in [-0.15, -0.1) is 0 Å². The van der Waals surface area contributed by atoms with Crippen LogP contribution in [0.15, 0.2) is 78.4 Å². The molecule has 4 rings (SSSR count). The van der Waals surface area contributed by atoms with Gasteiger partial charge >= 0.3 is 5.97 Å². The van der Waals surface area contributed by atoms with Crippen LogP contribution in [0.3, 0.4) is 0 Å². The van der Waals surface area contributed by atoms with E-state index < -0.39 is 17.8 Å². The summed E-state index contributed by atoms with van der Waals surface area (Å²) in [7, 11) is 0. The molecule has 1 heterocycles. The lowest BCUT2D eigenvalue weighted by molar-refractivity contribution is -0.129. The molecule has 168 valence electrons. The standard InChI is InChI=1S/C27H20N2O5/c1-2-15-33-21-11-7-18(8-12-21)16-19(17-28)27(32)34-22-13-9-20(10-14-22)29-25(30)23-5-3-4-6-24(23)26(29)31/h3-14,16H,2,15H2,1H3/b19-16+. The number of anilines is 1. The summed E-state index contributed by atoms with van der Waals surface area (Å²) in [5.41, 5.74) is 1.52. The molecule has 0 radical (unpaired) electrons. The van der Waals surface area contributed by atoms with Crippen LogP contribution in [0.2, 0.25) is 0 Å². The zero-order chi connectivity index (χ0) is 24.1. The van der Waals surface area contributed by atoms with Crippen molar-refractivity contribution in [1.29, 1.82) is 5.26 Å². The minimum Gasteiger partial charge on any atom is -0.494 e. The van der Waals surface area contributed by atoms with Crippen LogP contribution < -0.4 is 14.4 Å². The Kier molecular flexibility index (Phi) is 6.51. The minimum absolute atomic E-state index is 0.174. The molecule has 1 aliphatic rings. The van der Waals surface area contributed by atoms with Crippen LogP contribution >= 0.6 is 0 Å². The second-order valence-electron chi connectivity index (χ2n) is 7.46. The Morgan fingerprint density at radius 3 is 2.06 bits per heavy atom. The van der Waals surface area contributed by atoms with E-state index in [0.717, 1.165) is 11.3 Å². The molecule has 0 saturated heterocycles. The number of ether oxygens (including phenoxy) is 2. The number of hydrogen-bond donors (Lipinski definition) is 0. The highest BCUT2D eigenvalue weighted by atomic mass is 16.5. The number of carbonyl (C=O) groups excluding carboxylic acids is 3. The highest BCUT2D eigenvalue weighted by molar-refractivity contribution is 6.34. The summed E-state index contributed by atoms with van der Waals surface area (Å²) >= 11 is 0. The fraction of sp³-hybridized carbons (Fsp3) is 0.111. The molecule has 1 aliphatic heterocycles. The van der Waals surface area contributed by atoms with Gasteiger partial charge in [-0.25, -0.2) is 9.69 Å². The van der Waals surface area contributed by atoms with Gasteiger partial charge in [-0.1, -0.05) is 31.2 Å². The first-order chi connectivity index (χ1) is 16.5. The van der Waals surface area contributed by atoms with Gasteiger partial charge in [-0.3, -0.25) is 9.59 Å². The van der Waals surface area contributed by atoms with Crippen LogP contribution in [0.4, 0.5) is 5.69 Å². The lowest BCUT2D eigenvalue weighted by Crippen LogP contribution is -2.29. The van der Waals surface area contributed by atoms with Crippen LogP contribution in [0.5, 0.6) is 11.5 Å². The highest BCUT2D eigenvalue weighted by Crippen LogP contribution is 2.29. The first-order valence-corrected chi connectivity index (χ1v) is 10.7. The molecule has 3 aromatic rings. The summed E-state index contributed by atoms with van der Waals surface area (Å²) in [6.07, 6.45) is 2.32. The average Bonchev–Trinajstić information content (AvgIpc) is 3.12. The molecule has 3 aromatic carbocycles. The van der Waals surface area contributed by atoms with Crippen LogP contribution in [0, 0.1) is 11.3 Å². The van der Waals surface area contributed by atoms with E-state index in [9.17, 15) is 19.6 Å². The topological polar surface area (TPSA) is 96.7 Å². The van der Waals surface area contributed by atoms with Crippen LogP contribution in [-0.2, 0) is 4.79 Å². The molecule has 0 atom stereocenters. The van der Waals surface area contributed by atoms with Gasteiger partial charge in [0.2, 0.25) is 0 Å². The van der Waals surface area contributed by atoms with Gasteiger partial charge in [0.25, 0.3) is 11.8 Å². The molecule has 0 aliphatic carbocycles. The SMILES string of the molecule is CCCOc1ccc(/C=C(\C#N)C(=O)Oc2ccc(N3C(=O)c4ccccc4C3=O)cc2)cc1. The fourth-order valence-corrected chi connectivity index (χ4v) is 3.43. The van der Waals surface area contributed by atoms with Gasteiger partial charge in [0, 0.05) is 0 Å². The third-order valence-corrected chi connectivity index (χ3v) is 5.10. The van der Waals surface area contributed by atoms with E-state index in [-0.39, 0.29) is 11.3 Å². The Balaban J connectivity index is 1.45. The summed E-state index contributed by atoms with van der Waals surface area (Å²) in [6.45, 7) is 2.62. The summed E-state index contributed by atoms with van der Waals surface area (Å²) in [5.74, 6) is -0.757. The molecule has 0 aromatic heterocycles. The number of amides is 2. The highest BCUT2D eigenvalue weighted by Gasteiger charge is 2.36. The number of rotatable bonds is 7. The number of nitriles is 1. The lowest BCUT2D eigenvalue weighted by atomic mass is 10.1. The van der Waals surface area contributed by atoms with Crippen molar-refractivity contribution in [2.24, 2.45) is 0 Å². The number of hydrogen-bond acceptors (Lipinski definition) is 6. The molecule has 34 heavy (non-hydrogen) atoms.